The maximum absolute atomic E-state index is 5.70. The van der Waals surface area contributed by atoms with Gasteiger partial charge in [0, 0.05) is 0 Å². The van der Waals surface area contributed by atoms with Crippen molar-refractivity contribution in [3.8, 4) is 17.4 Å². The maximum atomic E-state index is 5.70. The van der Waals surface area contributed by atoms with Crippen LogP contribution in [-0.4, -0.2) is 17.1 Å². The third kappa shape index (κ3) is 2.44. The molecule has 0 fully saturated rings. The van der Waals surface area contributed by atoms with Crippen LogP contribution >= 0.6 is 0 Å². The number of nitrogen functional groups attached to an aromatic ring is 1. The fourth-order valence-electron chi connectivity index (χ4n) is 1.38. The molecule has 88 valence electrons. The molecule has 0 radical (unpaired) electrons. The number of aromatic nitrogens is 2. The zero-order chi connectivity index (χ0) is 12.3. The van der Waals surface area contributed by atoms with Crippen LogP contribution in [-0.2, 0) is 0 Å². The lowest BCUT2D eigenvalue weighted by Crippen LogP contribution is -1.97. The van der Waals surface area contributed by atoms with Gasteiger partial charge in [0.1, 0.15) is 12.0 Å². The van der Waals surface area contributed by atoms with Crippen LogP contribution in [0, 0.1) is 6.92 Å². The molecule has 0 bridgehead atoms. The molecule has 17 heavy (non-hydrogen) atoms. The average molecular weight is 231 g/mol. The zero-order valence-electron chi connectivity index (χ0n) is 9.68. The number of nitrogens with zero attached hydrogens (tertiary/aromatic N) is 2. The molecule has 1 heterocycles. The number of anilines is 1. The van der Waals surface area contributed by atoms with Crippen LogP contribution in [0.4, 0.5) is 5.69 Å². The standard InChI is InChI=1S/C12H13N3O2/c1-8-3-4-10(11(5-8)16-2)17-12-9(13)6-14-7-15-12/h3-7H,13H2,1-2H3. The van der Waals surface area contributed by atoms with Gasteiger partial charge in [0.25, 0.3) is 0 Å². The number of rotatable bonds is 3. The first-order valence-corrected chi connectivity index (χ1v) is 5.08. The van der Waals surface area contributed by atoms with Crippen molar-refractivity contribution >= 4 is 5.69 Å². The van der Waals surface area contributed by atoms with Crippen LogP contribution < -0.4 is 15.2 Å². The summed E-state index contributed by atoms with van der Waals surface area (Å²) in [6, 6.07) is 5.62. The summed E-state index contributed by atoms with van der Waals surface area (Å²) < 4.78 is 10.8. The summed E-state index contributed by atoms with van der Waals surface area (Å²) in [5, 5.41) is 0. The van der Waals surface area contributed by atoms with E-state index >= 15 is 0 Å². The van der Waals surface area contributed by atoms with Crippen molar-refractivity contribution < 1.29 is 9.47 Å². The van der Waals surface area contributed by atoms with E-state index in [1.54, 1.807) is 7.11 Å². The zero-order valence-corrected chi connectivity index (χ0v) is 9.68. The SMILES string of the molecule is COc1cc(C)ccc1Oc1ncncc1N. The molecular weight excluding hydrogens is 218 g/mol. The van der Waals surface area contributed by atoms with E-state index in [0.29, 0.717) is 23.1 Å². The Bertz CT molecular complexity index is 529. The van der Waals surface area contributed by atoms with Crippen LogP contribution in [0.5, 0.6) is 17.4 Å². The largest absolute Gasteiger partial charge is 0.493 e. The Labute approximate surface area is 99.2 Å². The van der Waals surface area contributed by atoms with E-state index in [-0.39, 0.29) is 0 Å². The second-order valence-electron chi connectivity index (χ2n) is 3.54. The van der Waals surface area contributed by atoms with Gasteiger partial charge >= 0.3 is 0 Å². The van der Waals surface area contributed by atoms with E-state index in [1.807, 2.05) is 25.1 Å². The van der Waals surface area contributed by atoms with Crippen molar-refractivity contribution in [3.05, 3.63) is 36.3 Å². The van der Waals surface area contributed by atoms with E-state index in [0.717, 1.165) is 5.56 Å². The van der Waals surface area contributed by atoms with Gasteiger partial charge in [-0.25, -0.2) is 4.98 Å². The Balaban J connectivity index is 2.33. The number of hydrogen-bond donors (Lipinski definition) is 1. The molecule has 0 aliphatic heterocycles. The molecule has 1 aromatic heterocycles. The topological polar surface area (TPSA) is 70.3 Å². The van der Waals surface area contributed by atoms with E-state index < -0.39 is 0 Å². The van der Waals surface area contributed by atoms with Crippen molar-refractivity contribution in [1.82, 2.24) is 9.97 Å². The number of methoxy groups -OCH3 is 1. The minimum absolute atomic E-state index is 0.321. The highest BCUT2D eigenvalue weighted by Gasteiger charge is 2.08. The predicted molar refractivity (Wildman–Crippen MR) is 64.2 cm³/mol. The van der Waals surface area contributed by atoms with Crippen LogP contribution in [0.2, 0.25) is 0 Å². The fraction of sp³-hybridized carbons (Fsp3) is 0.167. The van der Waals surface area contributed by atoms with Gasteiger partial charge in [-0.15, -0.1) is 0 Å². The summed E-state index contributed by atoms with van der Waals surface area (Å²) in [4.78, 5) is 7.75. The lowest BCUT2D eigenvalue weighted by Gasteiger charge is -2.10. The molecule has 1 aromatic carbocycles. The Morgan fingerprint density at radius 3 is 2.76 bits per heavy atom. The molecule has 5 heteroatoms. The Morgan fingerprint density at radius 1 is 1.24 bits per heavy atom. The number of hydrogen-bond acceptors (Lipinski definition) is 5. The van der Waals surface area contributed by atoms with Crippen LogP contribution in [0.15, 0.2) is 30.7 Å². The molecule has 5 nitrogen and oxygen atoms in total. The third-order valence-corrected chi connectivity index (χ3v) is 2.23. The molecule has 0 saturated carbocycles. The van der Waals surface area contributed by atoms with Crippen molar-refractivity contribution in [2.24, 2.45) is 0 Å². The Hall–Kier alpha value is -2.30. The summed E-state index contributed by atoms with van der Waals surface area (Å²) in [6.45, 7) is 1.98. The second kappa shape index (κ2) is 4.69. The molecule has 0 spiro atoms. The lowest BCUT2D eigenvalue weighted by molar-refractivity contribution is 0.374. The van der Waals surface area contributed by atoms with Crippen molar-refractivity contribution in [2.75, 3.05) is 12.8 Å². The summed E-state index contributed by atoms with van der Waals surface area (Å²) in [5.74, 6) is 1.54. The highest BCUT2D eigenvalue weighted by atomic mass is 16.5. The van der Waals surface area contributed by atoms with Gasteiger partial charge in [-0.2, -0.15) is 4.98 Å². The number of nitrogens with two attached hydrogens (primary N) is 1. The summed E-state index contributed by atoms with van der Waals surface area (Å²) in [5.41, 5.74) is 7.17. The van der Waals surface area contributed by atoms with Crippen molar-refractivity contribution in [1.29, 1.82) is 0 Å². The molecule has 0 saturated heterocycles. The second-order valence-corrected chi connectivity index (χ2v) is 3.54. The van der Waals surface area contributed by atoms with Crippen molar-refractivity contribution in [2.45, 2.75) is 6.92 Å². The highest BCUT2D eigenvalue weighted by Crippen LogP contribution is 2.32. The van der Waals surface area contributed by atoms with Crippen LogP contribution in [0.1, 0.15) is 5.56 Å². The quantitative estimate of drug-likeness (QED) is 0.876. The summed E-state index contributed by atoms with van der Waals surface area (Å²) in [6.07, 6.45) is 2.87. The highest BCUT2D eigenvalue weighted by molar-refractivity contribution is 5.50. The van der Waals surface area contributed by atoms with Gasteiger partial charge in [0.2, 0.25) is 5.88 Å². The first-order chi connectivity index (χ1) is 8.20. The fourth-order valence-corrected chi connectivity index (χ4v) is 1.38. The van der Waals surface area contributed by atoms with E-state index in [4.69, 9.17) is 15.2 Å². The Kier molecular flexibility index (Phi) is 3.09. The molecule has 0 aliphatic rings. The minimum Gasteiger partial charge on any atom is -0.493 e. The van der Waals surface area contributed by atoms with Gasteiger partial charge in [0.05, 0.1) is 13.3 Å². The predicted octanol–water partition coefficient (Wildman–Crippen LogP) is 2.17. The molecule has 2 N–H and O–H groups in total. The molecule has 0 unspecified atom stereocenters. The van der Waals surface area contributed by atoms with E-state index in [9.17, 15) is 0 Å². The minimum atomic E-state index is 0.321. The van der Waals surface area contributed by atoms with E-state index in [2.05, 4.69) is 9.97 Å². The maximum Gasteiger partial charge on any atom is 0.245 e. The smallest absolute Gasteiger partial charge is 0.245 e. The third-order valence-electron chi connectivity index (χ3n) is 2.23. The average Bonchev–Trinajstić information content (AvgIpc) is 2.34. The normalized spacial score (nSPS) is 10.0. The summed E-state index contributed by atoms with van der Waals surface area (Å²) >= 11 is 0. The van der Waals surface area contributed by atoms with Gasteiger partial charge in [-0.05, 0) is 24.6 Å². The number of benzene rings is 1. The van der Waals surface area contributed by atoms with Crippen molar-refractivity contribution in [3.63, 3.8) is 0 Å². The van der Waals surface area contributed by atoms with Crippen LogP contribution in [0.25, 0.3) is 0 Å². The Morgan fingerprint density at radius 2 is 2.06 bits per heavy atom. The first-order valence-electron chi connectivity index (χ1n) is 5.08. The van der Waals surface area contributed by atoms with Crippen LogP contribution in [0.3, 0.4) is 0 Å². The van der Waals surface area contributed by atoms with E-state index in [1.165, 1.54) is 12.5 Å². The molecule has 2 rings (SSSR count). The molecular formula is C12H13N3O2. The first kappa shape index (κ1) is 11.2. The van der Waals surface area contributed by atoms with Gasteiger partial charge < -0.3 is 15.2 Å². The molecule has 0 atom stereocenters. The van der Waals surface area contributed by atoms with Gasteiger partial charge in [0.15, 0.2) is 11.5 Å². The summed E-state index contributed by atoms with van der Waals surface area (Å²) in [7, 11) is 1.59. The number of ether oxygens (including phenoxy) is 2. The molecule has 2 aromatic rings. The molecule has 0 aliphatic carbocycles. The van der Waals surface area contributed by atoms with Gasteiger partial charge in [-0.3, -0.25) is 0 Å². The molecule has 0 amide bonds. The lowest BCUT2D eigenvalue weighted by atomic mass is 10.2. The van der Waals surface area contributed by atoms with Gasteiger partial charge in [-0.1, -0.05) is 6.07 Å². The number of aryl methyl sites for hydroxylation is 1. The monoisotopic (exact) mass is 231 g/mol.